The van der Waals surface area contributed by atoms with Crippen LogP contribution in [-0.4, -0.2) is 21.2 Å². The van der Waals surface area contributed by atoms with Crippen LogP contribution in [-0.2, 0) is 16.8 Å². The van der Waals surface area contributed by atoms with E-state index in [2.05, 4.69) is 55.3 Å². The number of hydrogen-bond donors (Lipinski definition) is 1. The molecule has 0 saturated carbocycles. The van der Waals surface area contributed by atoms with Crippen molar-refractivity contribution in [3.8, 4) is 0 Å². The lowest BCUT2D eigenvalue weighted by molar-refractivity contribution is -0.119. The zero-order valence-corrected chi connectivity index (χ0v) is 19.6. The summed E-state index contributed by atoms with van der Waals surface area (Å²) in [6.45, 7) is 7.12. The monoisotopic (exact) mass is 461 g/mol. The summed E-state index contributed by atoms with van der Waals surface area (Å²) in [6.07, 6.45) is 5.29. The Kier molecular flexibility index (Phi) is 7.50. The molecular weight excluding hydrogens is 437 g/mol. The Hall–Kier alpha value is -1.95. The molecule has 0 aliphatic carbocycles. The van der Waals surface area contributed by atoms with E-state index in [-0.39, 0.29) is 17.2 Å². The summed E-state index contributed by atoms with van der Waals surface area (Å²) in [5.41, 5.74) is 1.96. The van der Waals surface area contributed by atoms with Crippen molar-refractivity contribution in [3.05, 3.63) is 76.8 Å². The van der Waals surface area contributed by atoms with Gasteiger partial charge in [0.1, 0.15) is 0 Å². The average Bonchev–Trinajstić information content (AvgIpc) is 3.20. The van der Waals surface area contributed by atoms with Crippen molar-refractivity contribution in [2.24, 2.45) is 5.92 Å². The molecule has 0 aliphatic heterocycles. The van der Waals surface area contributed by atoms with Crippen molar-refractivity contribution in [2.75, 3.05) is 11.1 Å². The fourth-order valence-corrected chi connectivity index (χ4v) is 4.37. The maximum Gasteiger partial charge on any atom is 0.230 e. The molecule has 3 rings (SSSR count). The molecule has 0 radical (unpaired) electrons. The number of imidazole rings is 1. The average molecular weight is 462 g/mol. The molecule has 4 nitrogen and oxygen atoms in total. The number of hydrogen-bond acceptors (Lipinski definition) is 3. The van der Waals surface area contributed by atoms with E-state index in [1.54, 1.807) is 42.5 Å². The number of amides is 1. The fourth-order valence-electron chi connectivity index (χ4n) is 2.93. The quantitative estimate of drug-likeness (QED) is 0.406. The Bertz CT molecular complexity index is 983. The van der Waals surface area contributed by atoms with Crippen molar-refractivity contribution >= 4 is 46.6 Å². The van der Waals surface area contributed by atoms with Gasteiger partial charge in [0.15, 0.2) is 0 Å². The summed E-state index contributed by atoms with van der Waals surface area (Å²) in [6, 6.07) is 13.6. The minimum absolute atomic E-state index is 0.0910. The van der Waals surface area contributed by atoms with E-state index in [1.807, 2.05) is 10.8 Å². The molecule has 1 amide bonds. The number of anilines is 1. The summed E-state index contributed by atoms with van der Waals surface area (Å²) >= 11 is 13.8. The number of carbonyl (C=O) groups is 1. The van der Waals surface area contributed by atoms with Gasteiger partial charge in [-0.25, -0.2) is 4.98 Å². The largest absolute Gasteiger partial charge is 0.337 e. The number of halogens is 2. The van der Waals surface area contributed by atoms with Crippen LogP contribution in [0.5, 0.6) is 0 Å². The van der Waals surface area contributed by atoms with E-state index < -0.39 is 0 Å². The highest BCUT2D eigenvalue weighted by atomic mass is 35.5. The topological polar surface area (TPSA) is 46.9 Å². The second-order valence-corrected chi connectivity index (χ2v) is 10.1. The first-order chi connectivity index (χ1) is 14.2. The van der Waals surface area contributed by atoms with E-state index in [0.717, 1.165) is 4.90 Å². The van der Waals surface area contributed by atoms with Crippen LogP contribution in [0.25, 0.3) is 0 Å². The molecule has 1 aromatic heterocycles. The molecule has 0 saturated heterocycles. The Morgan fingerprint density at radius 2 is 1.90 bits per heavy atom. The molecule has 1 N–H and O–H groups in total. The Morgan fingerprint density at radius 3 is 2.50 bits per heavy atom. The van der Waals surface area contributed by atoms with Gasteiger partial charge in [-0.1, -0.05) is 56.1 Å². The first-order valence-corrected chi connectivity index (χ1v) is 11.4. The summed E-state index contributed by atoms with van der Waals surface area (Å²) < 4.78 is 1.91. The van der Waals surface area contributed by atoms with E-state index in [4.69, 9.17) is 23.2 Å². The number of nitrogens with one attached hydrogen (secondary N) is 1. The van der Waals surface area contributed by atoms with Gasteiger partial charge in [-0.05, 0) is 41.3 Å². The van der Waals surface area contributed by atoms with E-state index in [1.165, 1.54) is 5.56 Å². The normalized spacial score (nSPS) is 12.6. The molecule has 0 aliphatic rings. The van der Waals surface area contributed by atoms with Gasteiger partial charge in [0.25, 0.3) is 0 Å². The molecule has 0 fully saturated rings. The van der Waals surface area contributed by atoms with Gasteiger partial charge in [-0.15, -0.1) is 11.8 Å². The number of rotatable bonds is 7. The molecule has 30 heavy (non-hydrogen) atoms. The van der Waals surface area contributed by atoms with Gasteiger partial charge in [0, 0.05) is 34.6 Å². The number of thioether (sulfide) groups is 1. The second kappa shape index (κ2) is 9.90. The van der Waals surface area contributed by atoms with E-state index in [9.17, 15) is 4.79 Å². The number of nitrogens with zero attached hydrogens (tertiary/aromatic N) is 2. The smallest absolute Gasteiger partial charge is 0.230 e. The highest BCUT2D eigenvalue weighted by Gasteiger charge is 2.21. The molecule has 1 atom stereocenters. The lowest BCUT2D eigenvalue weighted by Crippen LogP contribution is -2.28. The maximum absolute atomic E-state index is 13.0. The van der Waals surface area contributed by atoms with Crippen molar-refractivity contribution in [1.82, 2.24) is 9.55 Å². The lowest BCUT2D eigenvalue weighted by atomic mass is 9.87. The zero-order valence-electron chi connectivity index (χ0n) is 17.2. The molecule has 1 unspecified atom stereocenters. The van der Waals surface area contributed by atoms with Gasteiger partial charge in [0.05, 0.1) is 23.0 Å². The third kappa shape index (κ3) is 6.27. The van der Waals surface area contributed by atoms with Gasteiger partial charge in [0.2, 0.25) is 5.91 Å². The first-order valence-electron chi connectivity index (χ1n) is 9.67. The second-order valence-electron chi connectivity index (χ2n) is 8.16. The highest BCUT2D eigenvalue weighted by molar-refractivity contribution is 7.99. The molecule has 0 bridgehead atoms. The van der Waals surface area contributed by atoms with E-state index >= 15 is 0 Å². The van der Waals surface area contributed by atoms with Crippen LogP contribution in [0.1, 0.15) is 26.3 Å². The number of benzene rings is 2. The summed E-state index contributed by atoms with van der Waals surface area (Å²) in [4.78, 5) is 18.3. The fraction of sp³-hybridized carbons (Fsp3) is 0.304. The molecular formula is C23H25Cl2N3OS. The Labute approximate surface area is 192 Å². The Balaban J connectivity index is 1.71. The number of aromatic nitrogens is 2. The van der Waals surface area contributed by atoms with Crippen molar-refractivity contribution in [3.63, 3.8) is 0 Å². The van der Waals surface area contributed by atoms with Crippen LogP contribution in [0.4, 0.5) is 5.69 Å². The summed E-state index contributed by atoms with van der Waals surface area (Å²) in [7, 11) is 0. The molecule has 1 heterocycles. The van der Waals surface area contributed by atoms with Gasteiger partial charge in [-0.3, -0.25) is 4.79 Å². The third-order valence-corrected chi connectivity index (χ3v) is 6.44. The lowest BCUT2D eigenvalue weighted by Gasteiger charge is -2.20. The summed E-state index contributed by atoms with van der Waals surface area (Å²) in [5, 5.41) is 3.89. The van der Waals surface area contributed by atoms with Gasteiger partial charge < -0.3 is 9.88 Å². The van der Waals surface area contributed by atoms with Crippen molar-refractivity contribution in [2.45, 2.75) is 37.6 Å². The molecule has 7 heteroatoms. The zero-order chi connectivity index (χ0) is 21.7. The van der Waals surface area contributed by atoms with Crippen LogP contribution in [0, 0.1) is 5.92 Å². The molecule has 2 aromatic carbocycles. The predicted octanol–water partition coefficient (Wildman–Crippen LogP) is 6.53. The highest BCUT2D eigenvalue weighted by Crippen LogP contribution is 2.29. The number of carbonyl (C=O) groups excluding carboxylic acids is 1. The molecule has 0 spiro atoms. The van der Waals surface area contributed by atoms with Crippen molar-refractivity contribution in [1.29, 1.82) is 0 Å². The van der Waals surface area contributed by atoms with E-state index in [0.29, 0.717) is 28.0 Å². The maximum atomic E-state index is 13.0. The predicted molar refractivity (Wildman–Crippen MR) is 127 cm³/mol. The minimum Gasteiger partial charge on any atom is -0.337 e. The first kappa shape index (κ1) is 22.7. The van der Waals surface area contributed by atoms with Crippen molar-refractivity contribution < 1.29 is 4.79 Å². The summed E-state index contributed by atoms with van der Waals surface area (Å²) in [5.74, 6) is 0.273. The van der Waals surface area contributed by atoms with Crippen LogP contribution < -0.4 is 5.32 Å². The van der Waals surface area contributed by atoms with Gasteiger partial charge in [-0.2, -0.15) is 0 Å². The van der Waals surface area contributed by atoms with Crippen LogP contribution in [0.2, 0.25) is 10.0 Å². The van der Waals surface area contributed by atoms with Crippen LogP contribution >= 0.6 is 35.0 Å². The Morgan fingerprint density at radius 1 is 1.17 bits per heavy atom. The van der Waals surface area contributed by atoms with Crippen LogP contribution in [0.3, 0.4) is 0 Å². The molecule has 158 valence electrons. The van der Waals surface area contributed by atoms with Crippen LogP contribution in [0.15, 0.2) is 66.1 Å². The molecule has 3 aromatic rings. The minimum atomic E-state index is -0.266. The SMILES string of the molecule is CC(C)(C)c1ccc(SCC(Cn2ccnc2)C(=O)Nc2ccc(Cl)cc2Cl)cc1. The standard InChI is InChI=1S/C23H25Cl2N3OS/c1-23(2,3)17-4-7-19(8-5-17)30-14-16(13-28-11-10-26-15-28)22(29)27-21-9-6-18(24)12-20(21)25/h4-12,15-16H,13-14H2,1-3H3,(H,27,29). The van der Waals surface area contributed by atoms with Gasteiger partial charge >= 0.3 is 0 Å². The third-order valence-electron chi connectivity index (χ3n) is 4.72.